The maximum Gasteiger partial charge on any atom is 0.344 e. The lowest BCUT2D eigenvalue weighted by Gasteiger charge is -2.39. The van der Waals surface area contributed by atoms with Crippen LogP contribution in [-0.2, 0) is 24.0 Å². The van der Waals surface area contributed by atoms with Crippen molar-refractivity contribution in [2.24, 2.45) is 7.05 Å². The smallest absolute Gasteiger partial charge is 0.344 e. The van der Waals surface area contributed by atoms with Crippen molar-refractivity contribution in [2.75, 3.05) is 13.1 Å². The summed E-state index contributed by atoms with van der Waals surface area (Å²) in [6.07, 6.45) is 5.91. The highest BCUT2D eigenvalue weighted by atomic mass is 32.2. The third-order valence-electron chi connectivity index (χ3n) is 7.63. The lowest BCUT2D eigenvalue weighted by atomic mass is 9.84. The molecular formula is C31H32FN5O4S. The highest BCUT2D eigenvalue weighted by molar-refractivity contribution is 7.98. The van der Waals surface area contributed by atoms with E-state index in [4.69, 9.17) is 0 Å². The Bertz CT molecular complexity index is 1630. The normalized spacial score (nSPS) is 15.4. The number of piperidine rings is 1. The molecule has 1 saturated heterocycles. The van der Waals surface area contributed by atoms with E-state index in [-0.39, 0.29) is 18.1 Å². The fourth-order valence-electron chi connectivity index (χ4n) is 5.23. The molecule has 4 aromatic rings. The highest BCUT2D eigenvalue weighted by Crippen LogP contribution is 2.30. The van der Waals surface area contributed by atoms with Gasteiger partial charge in [-0.15, -0.1) is 0 Å². The summed E-state index contributed by atoms with van der Waals surface area (Å²) in [7, 11) is 1.77. The highest BCUT2D eigenvalue weighted by Gasteiger charge is 2.35. The van der Waals surface area contributed by atoms with Crippen LogP contribution in [0.4, 0.5) is 4.39 Å². The molecule has 2 N–H and O–H groups in total. The van der Waals surface area contributed by atoms with Crippen LogP contribution in [0, 0.1) is 5.82 Å². The van der Waals surface area contributed by atoms with Crippen LogP contribution in [0.25, 0.3) is 0 Å². The third-order valence-corrected chi connectivity index (χ3v) is 8.75. The van der Waals surface area contributed by atoms with Crippen LogP contribution in [0.2, 0.25) is 0 Å². The number of benzene rings is 2. The molecule has 5 rings (SSSR count). The van der Waals surface area contributed by atoms with E-state index in [1.807, 2.05) is 30.3 Å². The molecular weight excluding hydrogens is 557 g/mol. The van der Waals surface area contributed by atoms with Gasteiger partial charge in [-0.2, -0.15) is 4.98 Å². The van der Waals surface area contributed by atoms with Gasteiger partial charge in [0.1, 0.15) is 5.82 Å². The molecule has 0 aliphatic carbocycles. The summed E-state index contributed by atoms with van der Waals surface area (Å²) in [5, 5.41) is 11.6. The van der Waals surface area contributed by atoms with Crippen molar-refractivity contribution in [3.63, 3.8) is 0 Å². The number of aryl methyl sites for hydroxylation is 1. The van der Waals surface area contributed by atoms with E-state index >= 15 is 0 Å². The van der Waals surface area contributed by atoms with Gasteiger partial charge in [-0.25, -0.2) is 14.2 Å². The van der Waals surface area contributed by atoms with Gasteiger partial charge in [-0.3, -0.25) is 9.59 Å². The first-order valence-corrected chi connectivity index (χ1v) is 14.7. The second kappa shape index (κ2) is 12.8. The molecule has 11 heteroatoms. The SMILES string of the molecule is Cn1cc(C(CC(=O)N2CCC(O)(Cc3ccccc3)CC2)c2cnc(=O)[nH]c2)c(=O)nc1SCc1ccc(F)cc1. The van der Waals surface area contributed by atoms with Crippen LogP contribution in [0.1, 0.15) is 47.4 Å². The molecule has 9 nitrogen and oxygen atoms in total. The lowest BCUT2D eigenvalue weighted by molar-refractivity contribution is -0.135. The number of nitrogens with zero attached hydrogens (tertiary/aromatic N) is 4. The topological polar surface area (TPSA) is 121 Å². The van der Waals surface area contributed by atoms with Gasteiger partial charge in [-0.1, -0.05) is 54.2 Å². The summed E-state index contributed by atoms with van der Waals surface area (Å²) in [6, 6.07) is 15.9. The maximum atomic E-state index is 13.5. The van der Waals surface area contributed by atoms with Crippen molar-refractivity contribution < 1.29 is 14.3 Å². The number of aromatic amines is 1. The van der Waals surface area contributed by atoms with E-state index < -0.39 is 22.8 Å². The Morgan fingerprint density at radius 3 is 2.48 bits per heavy atom. The minimum atomic E-state index is -0.887. The van der Waals surface area contributed by atoms with Crippen LogP contribution < -0.4 is 11.2 Å². The minimum absolute atomic E-state index is 0.0240. The standard InChI is InChI=1S/C31H32FN5O4S/c1-36-19-26(28(39)35-30(36)42-20-22-7-9-24(32)10-8-22)25(23-17-33-29(40)34-18-23)15-27(38)37-13-11-31(41,12-14-37)16-21-5-3-2-4-6-21/h2-10,17-19,25,41H,11-16,20H2,1H3,(H,33,34,40). The van der Waals surface area contributed by atoms with E-state index in [0.717, 1.165) is 11.1 Å². The van der Waals surface area contributed by atoms with Crippen LogP contribution in [-0.4, -0.2) is 54.1 Å². The fourth-order valence-corrected chi connectivity index (χ4v) is 6.12. The molecule has 218 valence electrons. The van der Waals surface area contributed by atoms with Gasteiger partial charge in [0.15, 0.2) is 5.16 Å². The number of hydrogen-bond donors (Lipinski definition) is 2. The third kappa shape index (κ3) is 7.21. The van der Waals surface area contributed by atoms with E-state index in [0.29, 0.717) is 54.4 Å². The van der Waals surface area contributed by atoms with E-state index in [2.05, 4.69) is 15.0 Å². The summed E-state index contributed by atoms with van der Waals surface area (Å²) in [5.74, 6) is -0.667. The van der Waals surface area contributed by atoms with Crippen LogP contribution >= 0.6 is 11.8 Å². The van der Waals surface area contributed by atoms with Gasteiger partial charge in [-0.05, 0) is 41.7 Å². The zero-order chi connectivity index (χ0) is 29.7. The maximum absolute atomic E-state index is 13.5. The molecule has 0 bridgehead atoms. The number of H-pyrrole nitrogens is 1. The average Bonchev–Trinajstić information content (AvgIpc) is 2.98. The summed E-state index contributed by atoms with van der Waals surface area (Å²) in [4.78, 5) is 50.9. The molecule has 1 aliphatic heterocycles. The van der Waals surface area contributed by atoms with Crippen molar-refractivity contribution >= 4 is 17.7 Å². The molecule has 0 spiro atoms. The van der Waals surface area contributed by atoms with E-state index in [9.17, 15) is 23.9 Å². The molecule has 0 saturated carbocycles. The number of halogens is 1. The molecule has 1 unspecified atom stereocenters. The van der Waals surface area contributed by atoms with Crippen molar-refractivity contribution in [1.29, 1.82) is 0 Å². The molecule has 2 aromatic carbocycles. The molecule has 1 aliphatic rings. The molecule has 0 radical (unpaired) electrons. The summed E-state index contributed by atoms with van der Waals surface area (Å²) >= 11 is 1.35. The van der Waals surface area contributed by atoms with Crippen molar-refractivity contribution in [1.82, 2.24) is 24.4 Å². The monoisotopic (exact) mass is 589 g/mol. The number of rotatable bonds is 9. The minimum Gasteiger partial charge on any atom is -0.389 e. The van der Waals surface area contributed by atoms with Gasteiger partial charge in [0.05, 0.1) is 5.60 Å². The number of aliphatic hydroxyl groups is 1. The first-order valence-electron chi connectivity index (χ1n) is 13.7. The number of likely N-dealkylation sites (tertiary alicyclic amines) is 1. The first-order chi connectivity index (χ1) is 20.2. The number of carbonyl (C=O) groups excluding carboxylic acids is 1. The predicted octanol–water partition coefficient (Wildman–Crippen LogP) is 3.41. The van der Waals surface area contributed by atoms with Gasteiger partial charge in [0.25, 0.3) is 5.56 Å². The second-order valence-corrected chi connectivity index (χ2v) is 11.6. The number of aromatic nitrogens is 4. The Hall–Kier alpha value is -4.09. The molecule has 1 fully saturated rings. The first kappa shape index (κ1) is 29.4. The van der Waals surface area contributed by atoms with Crippen LogP contribution in [0.15, 0.2) is 87.9 Å². The zero-order valence-corrected chi connectivity index (χ0v) is 24.0. The van der Waals surface area contributed by atoms with Gasteiger partial charge in [0, 0.05) is 68.8 Å². The fraction of sp³-hybridized carbons (Fsp3) is 0.323. The van der Waals surface area contributed by atoms with Gasteiger partial charge < -0.3 is 19.6 Å². The van der Waals surface area contributed by atoms with E-state index in [1.165, 1.54) is 36.3 Å². The summed E-state index contributed by atoms with van der Waals surface area (Å²) < 4.78 is 15.0. The summed E-state index contributed by atoms with van der Waals surface area (Å²) in [5.41, 5.74) is 0.870. The zero-order valence-electron chi connectivity index (χ0n) is 23.2. The van der Waals surface area contributed by atoms with Gasteiger partial charge in [0.2, 0.25) is 5.91 Å². The number of thioether (sulfide) groups is 1. The Morgan fingerprint density at radius 2 is 1.81 bits per heavy atom. The quantitative estimate of drug-likeness (QED) is 0.227. The van der Waals surface area contributed by atoms with E-state index in [1.54, 1.807) is 34.8 Å². The van der Waals surface area contributed by atoms with Crippen LogP contribution in [0.5, 0.6) is 0 Å². The molecule has 3 heterocycles. The molecule has 42 heavy (non-hydrogen) atoms. The Balaban J connectivity index is 1.32. The Labute approximate surface area is 246 Å². The lowest BCUT2D eigenvalue weighted by Crippen LogP contribution is -2.48. The molecule has 1 amide bonds. The van der Waals surface area contributed by atoms with Crippen molar-refractivity contribution in [2.45, 2.75) is 48.1 Å². The predicted molar refractivity (Wildman–Crippen MR) is 158 cm³/mol. The summed E-state index contributed by atoms with van der Waals surface area (Å²) in [6.45, 7) is 0.794. The molecule has 1 atom stereocenters. The van der Waals surface area contributed by atoms with Crippen LogP contribution in [0.3, 0.4) is 0 Å². The number of amides is 1. The van der Waals surface area contributed by atoms with Crippen molar-refractivity contribution in [3.8, 4) is 0 Å². The second-order valence-electron chi connectivity index (χ2n) is 10.7. The van der Waals surface area contributed by atoms with Crippen molar-refractivity contribution in [3.05, 3.63) is 122 Å². The number of carbonyl (C=O) groups is 1. The largest absolute Gasteiger partial charge is 0.389 e. The molecule has 2 aromatic heterocycles. The average molecular weight is 590 g/mol. The van der Waals surface area contributed by atoms with Gasteiger partial charge >= 0.3 is 5.69 Å². The number of nitrogens with one attached hydrogen (secondary N) is 1. The Kier molecular flexibility index (Phi) is 8.98. The number of hydrogen-bond acceptors (Lipinski definition) is 7. The Morgan fingerprint density at radius 1 is 1.10 bits per heavy atom.